The normalized spacial score (nSPS) is 15.6. The van der Waals surface area contributed by atoms with E-state index in [-0.39, 0.29) is 6.04 Å². The van der Waals surface area contributed by atoms with Crippen LogP contribution in [0.15, 0.2) is 48.5 Å². The predicted octanol–water partition coefficient (Wildman–Crippen LogP) is 3.40. The summed E-state index contributed by atoms with van der Waals surface area (Å²) in [6, 6.07) is 17.3. The lowest BCUT2D eigenvalue weighted by Gasteiger charge is -2.21. The third kappa shape index (κ3) is 1.89. The van der Waals surface area contributed by atoms with Gasteiger partial charge in [0.25, 0.3) is 0 Å². The molecule has 1 atom stereocenters. The highest BCUT2D eigenvalue weighted by Crippen LogP contribution is 2.34. The van der Waals surface area contributed by atoms with Crippen LogP contribution in [0.25, 0.3) is 0 Å². The van der Waals surface area contributed by atoms with Crippen molar-refractivity contribution >= 4 is 11.4 Å². The van der Waals surface area contributed by atoms with Crippen molar-refractivity contribution < 1.29 is 0 Å². The Hall–Kier alpha value is -1.80. The molecule has 2 N–H and O–H groups in total. The first-order chi connectivity index (χ1) is 8.75. The lowest BCUT2D eigenvalue weighted by molar-refractivity contribution is 0.817. The van der Waals surface area contributed by atoms with Crippen molar-refractivity contribution in [2.24, 2.45) is 5.73 Å². The van der Waals surface area contributed by atoms with Gasteiger partial charge in [-0.3, -0.25) is 0 Å². The van der Waals surface area contributed by atoms with Crippen molar-refractivity contribution in [2.75, 3.05) is 11.4 Å². The summed E-state index contributed by atoms with van der Waals surface area (Å²) >= 11 is 0. The lowest BCUT2D eigenvalue weighted by atomic mass is 10.1. The Bertz CT molecular complexity index is 561. The molecule has 0 fully saturated rings. The van der Waals surface area contributed by atoms with Gasteiger partial charge < -0.3 is 10.6 Å². The topological polar surface area (TPSA) is 29.3 Å². The molecule has 0 aromatic heterocycles. The van der Waals surface area contributed by atoms with Crippen LogP contribution in [-0.4, -0.2) is 6.54 Å². The molecule has 1 aliphatic rings. The zero-order valence-corrected chi connectivity index (χ0v) is 10.6. The van der Waals surface area contributed by atoms with Crippen molar-refractivity contribution in [3.8, 4) is 0 Å². The minimum atomic E-state index is 0.0859. The number of fused-ring (bicyclic) bond motifs is 1. The Balaban J connectivity index is 2.00. The van der Waals surface area contributed by atoms with Crippen molar-refractivity contribution in [3.63, 3.8) is 0 Å². The van der Waals surface area contributed by atoms with Crippen LogP contribution in [-0.2, 0) is 6.42 Å². The highest BCUT2D eigenvalue weighted by atomic mass is 15.2. The van der Waals surface area contributed by atoms with Gasteiger partial charge in [0, 0.05) is 24.0 Å². The van der Waals surface area contributed by atoms with Gasteiger partial charge in [-0.2, -0.15) is 0 Å². The second-order valence-corrected chi connectivity index (χ2v) is 4.91. The quantitative estimate of drug-likeness (QED) is 0.868. The fourth-order valence-electron chi connectivity index (χ4n) is 2.58. The van der Waals surface area contributed by atoms with E-state index in [4.69, 9.17) is 5.73 Å². The molecule has 0 amide bonds. The standard InChI is InChI=1S/C16H18N2/c1-12(17)14-6-4-7-15(11-14)18-10-9-13-5-2-3-8-16(13)18/h2-8,11-12H,9-10,17H2,1H3. The summed E-state index contributed by atoms with van der Waals surface area (Å²) in [6.45, 7) is 3.08. The van der Waals surface area contributed by atoms with Crippen molar-refractivity contribution in [1.82, 2.24) is 0 Å². The molecule has 0 saturated carbocycles. The fourth-order valence-corrected chi connectivity index (χ4v) is 2.58. The first-order valence-electron chi connectivity index (χ1n) is 6.47. The molecule has 0 bridgehead atoms. The van der Waals surface area contributed by atoms with Crippen LogP contribution < -0.4 is 10.6 Å². The number of benzene rings is 2. The van der Waals surface area contributed by atoms with E-state index in [9.17, 15) is 0 Å². The van der Waals surface area contributed by atoms with Crippen LogP contribution in [0.5, 0.6) is 0 Å². The molecule has 2 aromatic rings. The SMILES string of the molecule is CC(N)c1cccc(N2CCc3ccccc32)c1. The van der Waals surface area contributed by atoms with E-state index in [1.807, 2.05) is 6.92 Å². The van der Waals surface area contributed by atoms with Crippen LogP contribution in [0.4, 0.5) is 11.4 Å². The molecule has 0 aliphatic carbocycles. The van der Waals surface area contributed by atoms with Crippen molar-refractivity contribution in [1.29, 1.82) is 0 Å². The predicted molar refractivity (Wildman–Crippen MR) is 76.2 cm³/mol. The highest BCUT2D eigenvalue weighted by Gasteiger charge is 2.19. The molecule has 18 heavy (non-hydrogen) atoms. The zero-order valence-electron chi connectivity index (χ0n) is 10.6. The zero-order chi connectivity index (χ0) is 12.5. The maximum Gasteiger partial charge on any atom is 0.0444 e. The second kappa shape index (κ2) is 4.46. The summed E-state index contributed by atoms with van der Waals surface area (Å²) in [5, 5.41) is 0. The summed E-state index contributed by atoms with van der Waals surface area (Å²) in [6.07, 6.45) is 1.12. The first-order valence-corrected chi connectivity index (χ1v) is 6.47. The molecular formula is C16H18N2. The summed E-state index contributed by atoms with van der Waals surface area (Å²) in [7, 11) is 0. The first kappa shape index (κ1) is 11.3. The molecule has 2 heteroatoms. The maximum absolute atomic E-state index is 5.96. The molecule has 92 valence electrons. The monoisotopic (exact) mass is 238 g/mol. The van der Waals surface area contributed by atoms with E-state index in [1.54, 1.807) is 0 Å². The second-order valence-electron chi connectivity index (χ2n) is 4.91. The summed E-state index contributed by atoms with van der Waals surface area (Å²) in [4.78, 5) is 2.38. The van der Waals surface area contributed by atoms with E-state index < -0.39 is 0 Å². The summed E-state index contributed by atoms with van der Waals surface area (Å²) in [5.74, 6) is 0. The number of nitrogens with zero attached hydrogens (tertiary/aromatic N) is 1. The molecule has 2 nitrogen and oxygen atoms in total. The minimum absolute atomic E-state index is 0.0859. The van der Waals surface area contributed by atoms with Gasteiger partial charge in [-0.1, -0.05) is 30.3 Å². The van der Waals surface area contributed by atoms with E-state index in [2.05, 4.69) is 53.4 Å². The molecule has 1 aliphatic heterocycles. The minimum Gasteiger partial charge on any atom is -0.341 e. The average molecular weight is 238 g/mol. The van der Waals surface area contributed by atoms with Gasteiger partial charge in [0.2, 0.25) is 0 Å². The van der Waals surface area contributed by atoms with E-state index in [0.717, 1.165) is 13.0 Å². The van der Waals surface area contributed by atoms with Gasteiger partial charge >= 0.3 is 0 Å². The molecule has 2 aromatic carbocycles. The molecular weight excluding hydrogens is 220 g/mol. The molecule has 0 radical (unpaired) electrons. The maximum atomic E-state index is 5.96. The molecule has 1 heterocycles. The van der Waals surface area contributed by atoms with Crippen molar-refractivity contribution in [3.05, 3.63) is 59.7 Å². The molecule has 3 rings (SSSR count). The van der Waals surface area contributed by atoms with Crippen LogP contribution >= 0.6 is 0 Å². The Labute approximate surface area is 108 Å². The molecule has 1 unspecified atom stereocenters. The van der Waals surface area contributed by atoms with Gasteiger partial charge in [0.05, 0.1) is 0 Å². The number of hydrogen-bond acceptors (Lipinski definition) is 2. The Morgan fingerprint density at radius 2 is 1.94 bits per heavy atom. The van der Waals surface area contributed by atoms with Gasteiger partial charge in [-0.15, -0.1) is 0 Å². The number of rotatable bonds is 2. The van der Waals surface area contributed by atoms with Crippen LogP contribution in [0.2, 0.25) is 0 Å². The van der Waals surface area contributed by atoms with Gasteiger partial charge in [-0.05, 0) is 42.7 Å². The third-order valence-corrected chi connectivity index (χ3v) is 3.59. The van der Waals surface area contributed by atoms with Crippen molar-refractivity contribution in [2.45, 2.75) is 19.4 Å². The fraction of sp³-hybridized carbons (Fsp3) is 0.250. The van der Waals surface area contributed by atoms with Gasteiger partial charge in [-0.25, -0.2) is 0 Å². The highest BCUT2D eigenvalue weighted by molar-refractivity contribution is 5.70. The Kier molecular flexibility index (Phi) is 2.80. The van der Waals surface area contributed by atoms with Gasteiger partial charge in [0.1, 0.15) is 0 Å². The van der Waals surface area contributed by atoms with Gasteiger partial charge in [0.15, 0.2) is 0 Å². The van der Waals surface area contributed by atoms with Crippen LogP contribution in [0.1, 0.15) is 24.1 Å². The molecule has 0 spiro atoms. The number of hydrogen-bond donors (Lipinski definition) is 1. The van der Waals surface area contributed by atoms with E-state index in [0.29, 0.717) is 0 Å². The number of nitrogens with two attached hydrogens (primary N) is 1. The third-order valence-electron chi connectivity index (χ3n) is 3.59. The van der Waals surface area contributed by atoms with E-state index >= 15 is 0 Å². The Morgan fingerprint density at radius 3 is 2.78 bits per heavy atom. The number of anilines is 2. The summed E-state index contributed by atoms with van der Waals surface area (Å²) in [5.41, 5.74) is 11.2. The number of para-hydroxylation sites is 1. The largest absolute Gasteiger partial charge is 0.341 e. The lowest BCUT2D eigenvalue weighted by Crippen LogP contribution is -2.14. The van der Waals surface area contributed by atoms with E-state index in [1.165, 1.54) is 22.5 Å². The average Bonchev–Trinajstić information content (AvgIpc) is 2.82. The molecule has 0 saturated heterocycles. The van der Waals surface area contributed by atoms with Crippen LogP contribution in [0.3, 0.4) is 0 Å². The van der Waals surface area contributed by atoms with Crippen LogP contribution in [0, 0.1) is 0 Å². The summed E-state index contributed by atoms with van der Waals surface area (Å²) < 4.78 is 0. The smallest absolute Gasteiger partial charge is 0.0444 e. The Morgan fingerprint density at radius 1 is 1.11 bits per heavy atom.